The van der Waals surface area contributed by atoms with Gasteiger partial charge in [-0.3, -0.25) is 14.8 Å². The second kappa shape index (κ2) is 5.26. The highest BCUT2D eigenvalue weighted by Crippen LogP contribution is 2.29. The van der Waals surface area contributed by atoms with Gasteiger partial charge in [0.25, 0.3) is 15.7 Å². The number of non-ortho nitro benzene ring substituents is 1. The van der Waals surface area contributed by atoms with Gasteiger partial charge in [0.05, 0.1) is 16.3 Å². The number of nitrogens with two attached hydrogens (primary N) is 1. The third-order valence-corrected chi connectivity index (χ3v) is 5.38. The van der Waals surface area contributed by atoms with Gasteiger partial charge in [-0.25, -0.2) is 17.8 Å². The fourth-order valence-electron chi connectivity index (χ4n) is 1.55. The lowest BCUT2D eigenvalue weighted by Crippen LogP contribution is -2.14. The highest BCUT2D eigenvalue weighted by Gasteiger charge is 2.23. The van der Waals surface area contributed by atoms with Gasteiger partial charge < -0.3 is 5.73 Å². The maximum atomic E-state index is 13.6. The highest BCUT2D eigenvalue weighted by atomic mass is 32.2. The van der Waals surface area contributed by atoms with Crippen LogP contribution in [-0.4, -0.2) is 18.3 Å². The van der Waals surface area contributed by atoms with E-state index in [0.717, 1.165) is 18.2 Å². The molecule has 0 bridgehead atoms. The van der Waals surface area contributed by atoms with E-state index >= 15 is 0 Å². The molecule has 21 heavy (non-hydrogen) atoms. The molecule has 3 N–H and O–H groups in total. The summed E-state index contributed by atoms with van der Waals surface area (Å²) in [6.45, 7) is 1.44. The molecule has 0 spiro atoms. The Labute approximate surface area is 122 Å². The molecule has 0 atom stereocenters. The lowest BCUT2D eigenvalue weighted by molar-refractivity contribution is -0.384. The molecule has 2 aromatic rings. The summed E-state index contributed by atoms with van der Waals surface area (Å²) in [5.41, 5.74) is 4.62. The first-order valence-corrected chi connectivity index (χ1v) is 7.70. The number of hydrogen-bond donors (Lipinski definition) is 2. The van der Waals surface area contributed by atoms with Crippen molar-refractivity contribution in [3.05, 3.63) is 39.8 Å². The quantitative estimate of drug-likeness (QED) is 0.650. The van der Waals surface area contributed by atoms with Gasteiger partial charge in [-0.1, -0.05) is 11.3 Å². The summed E-state index contributed by atoms with van der Waals surface area (Å²) in [5, 5.41) is 10.7. The van der Waals surface area contributed by atoms with E-state index in [1.54, 1.807) is 0 Å². The second-order valence-electron chi connectivity index (χ2n) is 3.95. The molecule has 0 saturated heterocycles. The number of anilines is 2. The van der Waals surface area contributed by atoms with Crippen LogP contribution in [-0.2, 0) is 10.0 Å². The van der Waals surface area contributed by atoms with Gasteiger partial charge in [0, 0.05) is 12.1 Å². The van der Waals surface area contributed by atoms with Crippen molar-refractivity contribution in [1.29, 1.82) is 0 Å². The first kappa shape index (κ1) is 15.1. The number of nitrogens with zero attached hydrogens (tertiary/aromatic N) is 2. The summed E-state index contributed by atoms with van der Waals surface area (Å²) in [7, 11) is -4.12. The lowest BCUT2D eigenvalue weighted by atomic mass is 10.3. The Morgan fingerprint density at radius 1 is 1.48 bits per heavy atom. The van der Waals surface area contributed by atoms with Crippen LogP contribution in [0.25, 0.3) is 0 Å². The standard InChI is InChI=1S/C10H9FN4O4S2/c1-5-9(20-10(12)13-5)21(18,19)14-8-4-6(15(16)17)2-3-7(8)11/h2-4,14H,1H3,(H2,12,13). The van der Waals surface area contributed by atoms with E-state index in [2.05, 4.69) is 4.98 Å². The fraction of sp³-hybridized carbons (Fsp3) is 0.100. The minimum absolute atomic E-state index is 0.0485. The van der Waals surface area contributed by atoms with E-state index < -0.39 is 32.1 Å². The number of nitrogen functional groups attached to an aromatic ring is 1. The number of nitro benzene ring substituents is 1. The molecule has 0 unspecified atom stereocenters. The van der Waals surface area contributed by atoms with Crippen LogP contribution in [0.2, 0.25) is 0 Å². The molecule has 2 rings (SSSR count). The molecule has 0 aliphatic heterocycles. The van der Waals surface area contributed by atoms with Crippen molar-refractivity contribution in [2.75, 3.05) is 10.5 Å². The van der Waals surface area contributed by atoms with Gasteiger partial charge in [0.1, 0.15) is 5.82 Å². The molecule has 0 amide bonds. The van der Waals surface area contributed by atoms with Crippen molar-refractivity contribution < 1.29 is 17.7 Å². The number of aryl methyl sites for hydroxylation is 1. The van der Waals surface area contributed by atoms with Crippen LogP contribution in [0.5, 0.6) is 0 Å². The monoisotopic (exact) mass is 332 g/mol. The van der Waals surface area contributed by atoms with Gasteiger partial charge in [0.2, 0.25) is 0 Å². The number of benzene rings is 1. The van der Waals surface area contributed by atoms with Gasteiger partial charge in [-0.2, -0.15) is 0 Å². The SMILES string of the molecule is Cc1nc(N)sc1S(=O)(=O)Nc1cc([N+](=O)[O-])ccc1F. The zero-order valence-electron chi connectivity index (χ0n) is 10.5. The normalized spacial score (nSPS) is 11.3. The predicted octanol–water partition coefficient (Wildman–Crippen LogP) is 1.88. The van der Waals surface area contributed by atoms with Crippen molar-refractivity contribution >= 4 is 37.9 Å². The van der Waals surface area contributed by atoms with Crippen LogP contribution in [0.1, 0.15) is 5.69 Å². The van der Waals surface area contributed by atoms with E-state index in [9.17, 15) is 22.9 Å². The van der Waals surface area contributed by atoms with E-state index in [4.69, 9.17) is 5.73 Å². The van der Waals surface area contributed by atoms with Crippen molar-refractivity contribution in [1.82, 2.24) is 4.98 Å². The molecule has 0 aliphatic rings. The van der Waals surface area contributed by atoms with Crippen LogP contribution >= 0.6 is 11.3 Å². The molecule has 0 radical (unpaired) electrons. The van der Waals surface area contributed by atoms with Crippen LogP contribution in [0.15, 0.2) is 22.4 Å². The number of rotatable bonds is 4. The van der Waals surface area contributed by atoms with Gasteiger partial charge in [-0.15, -0.1) is 0 Å². The highest BCUT2D eigenvalue weighted by molar-refractivity contribution is 7.94. The third-order valence-electron chi connectivity index (χ3n) is 2.42. The topological polar surface area (TPSA) is 128 Å². The molecule has 1 aromatic heterocycles. The Morgan fingerprint density at radius 2 is 2.14 bits per heavy atom. The smallest absolute Gasteiger partial charge is 0.273 e. The van der Waals surface area contributed by atoms with E-state index in [1.807, 2.05) is 4.72 Å². The molecule has 0 saturated carbocycles. The zero-order valence-corrected chi connectivity index (χ0v) is 12.2. The predicted molar refractivity (Wildman–Crippen MR) is 75.1 cm³/mol. The molecular formula is C10H9FN4O4S2. The largest absolute Gasteiger partial charge is 0.375 e. The summed E-state index contributed by atoms with van der Waals surface area (Å²) in [6, 6.07) is 2.54. The lowest BCUT2D eigenvalue weighted by Gasteiger charge is -2.07. The van der Waals surface area contributed by atoms with Gasteiger partial charge in [-0.05, 0) is 13.0 Å². The molecule has 0 fully saturated rings. The van der Waals surface area contributed by atoms with Gasteiger partial charge >= 0.3 is 0 Å². The summed E-state index contributed by atoms with van der Waals surface area (Å²) < 4.78 is 39.7. The number of nitro groups is 1. The average molecular weight is 332 g/mol. The number of halogens is 1. The Bertz CT molecular complexity index is 818. The first-order chi connectivity index (χ1) is 9.70. The van der Waals surface area contributed by atoms with Crippen molar-refractivity contribution in [2.24, 2.45) is 0 Å². The summed E-state index contributed by atoms with van der Waals surface area (Å²) >= 11 is 0.717. The van der Waals surface area contributed by atoms with E-state index in [1.165, 1.54) is 6.92 Å². The Kier molecular flexibility index (Phi) is 3.78. The van der Waals surface area contributed by atoms with Crippen LogP contribution in [0, 0.1) is 22.9 Å². The minimum atomic E-state index is -4.12. The average Bonchev–Trinajstić information content (AvgIpc) is 2.71. The Balaban J connectivity index is 2.43. The van der Waals surface area contributed by atoms with Crippen molar-refractivity contribution in [2.45, 2.75) is 11.1 Å². The van der Waals surface area contributed by atoms with Crippen LogP contribution in [0.3, 0.4) is 0 Å². The molecule has 0 aliphatic carbocycles. The Hall–Kier alpha value is -2.27. The van der Waals surface area contributed by atoms with E-state index in [-0.39, 0.29) is 15.0 Å². The molecule has 8 nitrogen and oxygen atoms in total. The van der Waals surface area contributed by atoms with Crippen molar-refractivity contribution in [3.8, 4) is 0 Å². The molecule has 11 heteroatoms. The maximum absolute atomic E-state index is 13.6. The second-order valence-corrected chi connectivity index (χ2v) is 6.86. The number of nitrogens with one attached hydrogen (secondary N) is 1. The number of aromatic nitrogens is 1. The molecular weight excluding hydrogens is 323 g/mol. The van der Waals surface area contributed by atoms with Gasteiger partial charge in [0.15, 0.2) is 9.34 Å². The first-order valence-electron chi connectivity index (χ1n) is 5.40. The third kappa shape index (κ3) is 3.08. The van der Waals surface area contributed by atoms with E-state index in [0.29, 0.717) is 11.3 Å². The molecule has 1 heterocycles. The summed E-state index contributed by atoms with van der Waals surface area (Å²) in [5.74, 6) is -0.931. The number of thiazole rings is 1. The van der Waals surface area contributed by atoms with Crippen LogP contribution in [0.4, 0.5) is 20.9 Å². The minimum Gasteiger partial charge on any atom is -0.375 e. The number of sulfonamides is 1. The molecule has 1 aromatic carbocycles. The molecule has 112 valence electrons. The fourth-order valence-corrected chi connectivity index (χ4v) is 3.91. The Morgan fingerprint density at radius 3 is 2.67 bits per heavy atom. The number of hydrogen-bond acceptors (Lipinski definition) is 7. The maximum Gasteiger partial charge on any atom is 0.273 e. The zero-order chi connectivity index (χ0) is 15.8. The van der Waals surface area contributed by atoms with Crippen LogP contribution < -0.4 is 10.5 Å². The summed E-state index contributed by atoms with van der Waals surface area (Å²) in [6.07, 6.45) is 0. The summed E-state index contributed by atoms with van der Waals surface area (Å²) in [4.78, 5) is 13.6. The van der Waals surface area contributed by atoms with Crippen molar-refractivity contribution in [3.63, 3.8) is 0 Å².